The lowest BCUT2D eigenvalue weighted by Gasteiger charge is -2.44. The van der Waals surface area contributed by atoms with Gasteiger partial charge in [-0.15, -0.1) is 0 Å². The van der Waals surface area contributed by atoms with Gasteiger partial charge < -0.3 is 14.6 Å². The molecule has 3 atom stereocenters. The minimum absolute atomic E-state index is 0.0765. The van der Waals surface area contributed by atoms with E-state index in [0.29, 0.717) is 11.8 Å². The van der Waals surface area contributed by atoms with Gasteiger partial charge in [0.1, 0.15) is 0 Å². The monoisotopic (exact) mass is 396 g/mol. The molecule has 1 N–H and O–H groups in total. The van der Waals surface area contributed by atoms with E-state index in [-0.39, 0.29) is 17.8 Å². The number of hydrogen-bond acceptors (Lipinski definition) is 3. The number of rotatable bonds is 6. The third kappa shape index (κ3) is 6.72. The molecule has 0 aromatic rings. The maximum absolute atomic E-state index is 11.4. The van der Waals surface area contributed by atoms with E-state index >= 15 is 0 Å². The number of carboxylic acid groups (broad SMARTS) is 1. The first-order chi connectivity index (χ1) is 12.3. The molecule has 1 aliphatic heterocycles. The highest BCUT2D eigenvalue weighted by Crippen LogP contribution is 2.44. The van der Waals surface area contributed by atoms with Gasteiger partial charge in [-0.1, -0.05) is 51.7 Å². The van der Waals surface area contributed by atoms with Gasteiger partial charge in [-0.2, -0.15) is 0 Å². The summed E-state index contributed by atoms with van der Waals surface area (Å²) in [6, 6.07) is 0. The zero-order valence-corrected chi connectivity index (χ0v) is 19.4. The maximum atomic E-state index is 11.4. The lowest BCUT2D eigenvalue weighted by molar-refractivity contribution is -0.293. The molecule has 4 nitrogen and oxygen atoms in total. The van der Waals surface area contributed by atoms with Crippen LogP contribution in [0.1, 0.15) is 59.8 Å². The second kappa shape index (κ2) is 8.38. The van der Waals surface area contributed by atoms with Crippen LogP contribution in [0.15, 0.2) is 11.3 Å². The summed E-state index contributed by atoms with van der Waals surface area (Å²) in [5, 5.41) is 9.40. The number of allylic oxidation sites excluding steroid dienone is 1. The van der Waals surface area contributed by atoms with Crippen LogP contribution in [-0.2, 0) is 14.3 Å². The molecule has 5 heteroatoms. The average Bonchev–Trinajstić information content (AvgIpc) is 2.51. The molecule has 2 aliphatic rings. The van der Waals surface area contributed by atoms with Crippen molar-refractivity contribution in [3.8, 4) is 0 Å². The first-order valence-electron chi connectivity index (χ1n) is 10.5. The molecule has 27 heavy (non-hydrogen) atoms. The predicted octanol–water partition coefficient (Wildman–Crippen LogP) is 5.50. The van der Waals surface area contributed by atoms with Crippen LogP contribution >= 0.6 is 0 Å². The number of carboxylic acids is 1. The first kappa shape index (κ1) is 22.6. The van der Waals surface area contributed by atoms with Crippen LogP contribution in [0.4, 0.5) is 0 Å². The molecule has 0 aromatic heterocycles. The van der Waals surface area contributed by atoms with Crippen LogP contribution in [0.3, 0.4) is 0 Å². The number of ether oxygens (including phenoxy) is 2. The summed E-state index contributed by atoms with van der Waals surface area (Å²) < 4.78 is 12.2. The Labute approximate surface area is 166 Å². The van der Waals surface area contributed by atoms with Crippen molar-refractivity contribution in [1.29, 1.82) is 0 Å². The summed E-state index contributed by atoms with van der Waals surface area (Å²) in [6.07, 6.45) is 4.24. The zero-order chi connectivity index (χ0) is 20.5. The van der Waals surface area contributed by atoms with Gasteiger partial charge in [0, 0.05) is 11.8 Å². The first-order valence-corrected chi connectivity index (χ1v) is 14.1. The second-order valence-electron chi connectivity index (χ2n) is 10.9. The molecule has 2 rings (SSSR count). The van der Waals surface area contributed by atoms with Gasteiger partial charge >= 0.3 is 5.97 Å². The Hall–Kier alpha value is -0.653. The lowest BCUT2D eigenvalue weighted by atomic mass is 9.68. The smallest absolute Gasteiger partial charge is 0.303 e. The van der Waals surface area contributed by atoms with Gasteiger partial charge in [0.05, 0.1) is 27.7 Å². The Morgan fingerprint density at radius 1 is 1.19 bits per heavy atom. The van der Waals surface area contributed by atoms with Crippen molar-refractivity contribution in [2.24, 2.45) is 23.2 Å². The fourth-order valence-electron chi connectivity index (χ4n) is 4.41. The van der Waals surface area contributed by atoms with Crippen molar-refractivity contribution in [3.63, 3.8) is 0 Å². The van der Waals surface area contributed by atoms with Gasteiger partial charge in [-0.05, 0) is 43.9 Å². The number of hydrogen-bond donors (Lipinski definition) is 1. The van der Waals surface area contributed by atoms with Crippen molar-refractivity contribution < 1.29 is 19.4 Å². The molecular formula is C22H40O4Si. The van der Waals surface area contributed by atoms with Gasteiger partial charge in [-0.25, -0.2) is 0 Å². The molecule has 0 aromatic carbocycles. The molecule has 0 spiro atoms. The molecule has 2 fully saturated rings. The Bertz CT molecular complexity index is 551. The van der Waals surface area contributed by atoms with Crippen molar-refractivity contribution in [2.75, 3.05) is 13.2 Å². The normalized spacial score (nSPS) is 32.4. The highest BCUT2D eigenvalue weighted by molar-refractivity contribution is 6.81. The van der Waals surface area contributed by atoms with Gasteiger partial charge in [-0.3, -0.25) is 4.79 Å². The molecule has 1 saturated heterocycles. The summed E-state index contributed by atoms with van der Waals surface area (Å²) in [6.45, 7) is 17.2. The molecule has 0 amide bonds. The van der Waals surface area contributed by atoms with E-state index in [4.69, 9.17) is 9.47 Å². The Morgan fingerprint density at radius 3 is 2.30 bits per heavy atom. The fraction of sp³-hybridized carbons (Fsp3) is 0.864. The number of aliphatic carboxylic acids is 1. The van der Waals surface area contributed by atoms with E-state index < -0.39 is 19.8 Å². The largest absolute Gasteiger partial charge is 0.481 e. The van der Waals surface area contributed by atoms with E-state index in [2.05, 4.69) is 53.0 Å². The molecule has 1 saturated carbocycles. The highest BCUT2D eigenvalue weighted by Gasteiger charge is 2.40. The van der Waals surface area contributed by atoms with Gasteiger partial charge in [0.25, 0.3) is 0 Å². The second-order valence-corrected chi connectivity index (χ2v) is 15.9. The predicted molar refractivity (Wildman–Crippen MR) is 112 cm³/mol. The molecule has 1 heterocycles. The summed E-state index contributed by atoms with van der Waals surface area (Å²) in [7, 11) is -1.43. The number of carbonyl (C=O) groups is 1. The van der Waals surface area contributed by atoms with E-state index in [1.807, 2.05) is 0 Å². The van der Waals surface area contributed by atoms with Crippen LogP contribution in [0.25, 0.3) is 0 Å². The Balaban J connectivity index is 2.15. The minimum atomic E-state index is -1.43. The van der Waals surface area contributed by atoms with Crippen LogP contribution < -0.4 is 0 Å². The maximum Gasteiger partial charge on any atom is 0.303 e. The van der Waals surface area contributed by atoms with Crippen LogP contribution in [0, 0.1) is 23.2 Å². The van der Waals surface area contributed by atoms with Crippen LogP contribution in [-0.4, -0.2) is 38.2 Å². The third-order valence-electron chi connectivity index (χ3n) is 6.02. The summed E-state index contributed by atoms with van der Waals surface area (Å²) >= 11 is 0. The molecular weight excluding hydrogens is 356 g/mol. The quantitative estimate of drug-likeness (QED) is 0.603. The minimum Gasteiger partial charge on any atom is -0.481 e. The van der Waals surface area contributed by atoms with Crippen LogP contribution in [0.2, 0.25) is 19.6 Å². The van der Waals surface area contributed by atoms with Crippen molar-refractivity contribution in [3.05, 3.63) is 11.3 Å². The lowest BCUT2D eigenvalue weighted by Crippen LogP contribution is -2.46. The van der Waals surface area contributed by atoms with Crippen molar-refractivity contribution in [1.82, 2.24) is 0 Å². The van der Waals surface area contributed by atoms with Crippen molar-refractivity contribution in [2.45, 2.75) is 85.2 Å². The highest BCUT2D eigenvalue weighted by atomic mass is 28.3. The Kier molecular flexibility index (Phi) is 7.02. The third-order valence-corrected chi connectivity index (χ3v) is 7.22. The van der Waals surface area contributed by atoms with E-state index in [1.54, 1.807) is 0 Å². The molecule has 1 aliphatic carbocycles. The van der Waals surface area contributed by atoms with Gasteiger partial charge in [0.15, 0.2) is 5.79 Å². The molecule has 156 valence electrons. The SMILES string of the molecule is C[C@@H]1CC[C@@H](CC(=O)O)/C(=C\[Si](C)(C)C)[C@H]1CCC1(C)OCC(C)(C)CO1. The topological polar surface area (TPSA) is 55.8 Å². The van der Waals surface area contributed by atoms with Crippen molar-refractivity contribution >= 4 is 14.0 Å². The van der Waals surface area contributed by atoms with E-state index in [0.717, 1.165) is 38.9 Å². The summed E-state index contributed by atoms with van der Waals surface area (Å²) in [5.74, 6) is 0.0209. The molecule has 0 bridgehead atoms. The molecule has 0 radical (unpaired) electrons. The average molecular weight is 397 g/mol. The summed E-state index contributed by atoms with van der Waals surface area (Å²) in [5.41, 5.74) is 3.97. The van der Waals surface area contributed by atoms with E-state index in [1.165, 1.54) is 5.57 Å². The standard InChI is InChI=1S/C22H40O4Si/c1-16-8-9-17(12-20(23)24)19(13-27(5,6)7)18(16)10-11-22(4)25-14-21(2,3)15-26-22/h13,16-18H,8-12,14-15H2,1-7H3,(H,23,24)/b19-13+/t16-,17+,18+/m1/s1. The van der Waals surface area contributed by atoms with E-state index in [9.17, 15) is 9.90 Å². The Morgan fingerprint density at radius 2 is 1.78 bits per heavy atom. The fourth-order valence-corrected chi connectivity index (χ4v) is 5.86. The van der Waals surface area contributed by atoms with Crippen LogP contribution in [0.5, 0.6) is 0 Å². The van der Waals surface area contributed by atoms with Gasteiger partial charge in [0.2, 0.25) is 0 Å². The zero-order valence-electron chi connectivity index (χ0n) is 18.4. The molecule has 0 unspecified atom stereocenters. The summed E-state index contributed by atoms with van der Waals surface area (Å²) in [4.78, 5) is 11.4.